The first-order valence-electron chi connectivity index (χ1n) is 9.28. The van der Waals surface area contributed by atoms with Crippen molar-refractivity contribution in [3.63, 3.8) is 0 Å². The molecule has 0 saturated carbocycles. The largest absolute Gasteiger partial charge is 0.496 e. The van der Waals surface area contributed by atoms with Gasteiger partial charge in [0, 0.05) is 11.6 Å². The maximum absolute atomic E-state index is 13.0. The molecule has 0 aliphatic rings. The fourth-order valence-electron chi connectivity index (χ4n) is 3.21. The van der Waals surface area contributed by atoms with Gasteiger partial charge in [-0.05, 0) is 32.0 Å². The molecule has 8 nitrogen and oxygen atoms in total. The number of nitrogens with zero attached hydrogens (tertiary/aromatic N) is 1. The van der Waals surface area contributed by atoms with Crippen molar-refractivity contribution in [2.75, 3.05) is 31.9 Å². The zero-order valence-corrected chi connectivity index (χ0v) is 18.8. The van der Waals surface area contributed by atoms with Crippen LogP contribution >= 0.6 is 0 Å². The van der Waals surface area contributed by atoms with Crippen LogP contribution in [0.15, 0.2) is 42.5 Å². The number of amides is 1. The molecule has 0 spiro atoms. The van der Waals surface area contributed by atoms with E-state index in [0.717, 1.165) is 16.1 Å². The number of hydrogen-bond acceptors (Lipinski definition) is 6. The SMILES string of the molecule is COc1ccc(N(C(C)C(=O)NC(C)c2ccccc2OC)S(C)(=O)=O)cc1OC. The minimum absolute atomic E-state index is 0.294. The average Bonchev–Trinajstić information content (AvgIpc) is 2.72. The molecule has 0 heterocycles. The molecule has 1 N–H and O–H groups in total. The first-order chi connectivity index (χ1) is 14.1. The van der Waals surface area contributed by atoms with E-state index in [-0.39, 0.29) is 6.04 Å². The van der Waals surface area contributed by atoms with Crippen molar-refractivity contribution in [3.8, 4) is 17.2 Å². The van der Waals surface area contributed by atoms with E-state index in [1.165, 1.54) is 27.2 Å². The number of para-hydroxylation sites is 1. The minimum Gasteiger partial charge on any atom is -0.496 e. The quantitative estimate of drug-likeness (QED) is 0.650. The van der Waals surface area contributed by atoms with Crippen molar-refractivity contribution in [1.82, 2.24) is 5.32 Å². The van der Waals surface area contributed by atoms with E-state index in [4.69, 9.17) is 14.2 Å². The lowest BCUT2D eigenvalue weighted by Gasteiger charge is -2.30. The van der Waals surface area contributed by atoms with Crippen LogP contribution in [0.5, 0.6) is 17.2 Å². The van der Waals surface area contributed by atoms with Gasteiger partial charge in [0.15, 0.2) is 11.5 Å². The molecule has 0 radical (unpaired) electrons. The molecule has 0 aliphatic heterocycles. The van der Waals surface area contributed by atoms with E-state index >= 15 is 0 Å². The van der Waals surface area contributed by atoms with E-state index in [1.54, 1.807) is 25.3 Å². The van der Waals surface area contributed by atoms with Crippen LogP contribution in [-0.4, -0.2) is 48.0 Å². The summed E-state index contributed by atoms with van der Waals surface area (Å²) in [5.74, 6) is 1.00. The van der Waals surface area contributed by atoms with Gasteiger partial charge in [-0.2, -0.15) is 0 Å². The van der Waals surface area contributed by atoms with Gasteiger partial charge in [0.1, 0.15) is 11.8 Å². The smallest absolute Gasteiger partial charge is 0.244 e. The summed E-state index contributed by atoms with van der Waals surface area (Å²) in [7, 11) is 0.729. The minimum atomic E-state index is -3.77. The molecule has 0 bridgehead atoms. The third-order valence-corrected chi connectivity index (χ3v) is 5.92. The Balaban J connectivity index is 2.33. The molecule has 0 fully saturated rings. The molecule has 2 aromatic carbocycles. The van der Waals surface area contributed by atoms with Gasteiger partial charge in [-0.15, -0.1) is 0 Å². The first kappa shape index (κ1) is 23.3. The van der Waals surface area contributed by atoms with Crippen LogP contribution in [0.25, 0.3) is 0 Å². The molecule has 2 aromatic rings. The number of carbonyl (C=O) groups excluding carboxylic acids is 1. The van der Waals surface area contributed by atoms with E-state index in [2.05, 4.69) is 5.32 Å². The Labute approximate surface area is 177 Å². The van der Waals surface area contributed by atoms with Crippen molar-refractivity contribution < 1.29 is 27.4 Å². The number of rotatable bonds is 9. The molecule has 0 aromatic heterocycles. The second-order valence-electron chi connectivity index (χ2n) is 6.75. The number of sulfonamides is 1. The second-order valence-corrected chi connectivity index (χ2v) is 8.61. The molecule has 30 heavy (non-hydrogen) atoms. The second kappa shape index (κ2) is 9.71. The molecular weight excluding hydrogens is 408 g/mol. The lowest BCUT2D eigenvalue weighted by Crippen LogP contribution is -2.48. The standard InChI is InChI=1S/C21H28N2O6S/c1-14(17-9-7-8-10-18(17)27-3)22-21(24)15(2)23(30(6,25)26)16-11-12-19(28-4)20(13-16)29-5/h7-15H,1-6H3,(H,22,24). The normalized spacial score (nSPS) is 13.1. The van der Waals surface area contributed by atoms with Gasteiger partial charge in [0.25, 0.3) is 0 Å². The third-order valence-electron chi connectivity index (χ3n) is 4.67. The zero-order valence-electron chi connectivity index (χ0n) is 18.0. The summed E-state index contributed by atoms with van der Waals surface area (Å²) in [5.41, 5.74) is 1.08. The van der Waals surface area contributed by atoms with Crippen molar-refractivity contribution >= 4 is 21.6 Å². The molecule has 1 amide bonds. The summed E-state index contributed by atoms with van der Waals surface area (Å²) in [6.07, 6.45) is 1.05. The van der Waals surface area contributed by atoms with E-state index in [1.807, 2.05) is 25.1 Å². The van der Waals surface area contributed by atoms with Gasteiger partial charge in [-0.25, -0.2) is 8.42 Å². The summed E-state index contributed by atoms with van der Waals surface area (Å²) >= 11 is 0. The number of ether oxygens (including phenoxy) is 3. The van der Waals surface area contributed by atoms with Crippen LogP contribution in [0.2, 0.25) is 0 Å². The van der Waals surface area contributed by atoms with Gasteiger partial charge < -0.3 is 19.5 Å². The number of anilines is 1. The highest BCUT2D eigenvalue weighted by molar-refractivity contribution is 7.92. The maximum atomic E-state index is 13.0. The monoisotopic (exact) mass is 436 g/mol. The van der Waals surface area contributed by atoms with Crippen LogP contribution < -0.4 is 23.8 Å². The molecule has 2 unspecified atom stereocenters. The van der Waals surface area contributed by atoms with Crippen LogP contribution in [-0.2, 0) is 14.8 Å². The third kappa shape index (κ3) is 5.15. The van der Waals surface area contributed by atoms with E-state index in [0.29, 0.717) is 22.9 Å². The highest BCUT2D eigenvalue weighted by atomic mass is 32.2. The van der Waals surface area contributed by atoms with Gasteiger partial charge >= 0.3 is 0 Å². The van der Waals surface area contributed by atoms with Gasteiger partial charge in [-0.1, -0.05) is 18.2 Å². The van der Waals surface area contributed by atoms with Crippen LogP contribution in [0, 0.1) is 0 Å². The van der Waals surface area contributed by atoms with Crippen LogP contribution in [0.4, 0.5) is 5.69 Å². The van der Waals surface area contributed by atoms with Crippen molar-refractivity contribution in [1.29, 1.82) is 0 Å². The average molecular weight is 437 g/mol. The lowest BCUT2D eigenvalue weighted by molar-refractivity contribution is -0.122. The molecule has 164 valence electrons. The number of methoxy groups -OCH3 is 3. The Morgan fingerprint density at radius 1 is 0.933 bits per heavy atom. The fraction of sp³-hybridized carbons (Fsp3) is 0.381. The van der Waals surface area contributed by atoms with Crippen molar-refractivity contribution in [2.24, 2.45) is 0 Å². The zero-order chi connectivity index (χ0) is 22.5. The summed E-state index contributed by atoms with van der Waals surface area (Å²) in [4.78, 5) is 13.0. The van der Waals surface area contributed by atoms with E-state index < -0.39 is 22.0 Å². The maximum Gasteiger partial charge on any atom is 0.244 e. The highest BCUT2D eigenvalue weighted by Gasteiger charge is 2.31. The number of hydrogen-bond donors (Lipinski definition) is 1. The number of benzene rings is 2. The van der Waals surface area contributed by atoms with Crippen LogP contribution in [0.1, 0.15) is 25.5 Å². The Hall–Kier alpha value is -2.94. The Morgan fingerprint density at radius 3 is 2.10 bits per heavy atom. The Bertz CT molecular complexity index is 993. The molecule has 2 atom stereocenters. The first-order valence-corrected chi connectivity index (χ1v) is 11.1. The van der Waals surface area contributed by atoms with Crippen molar-refractivity contribution in [2.45, 2.75) is 25.9 Å². The molecule has 0 saturated heterocycles. The number of carbonyl (C=O) groups is 1. The van der Waals surface area contributed by atoms with Gasteiger partial charge in [0.05, 0.1) is 39.3 Å². The highest BCUT2D eigenvalue weighted by Crippen LogP contribution is 2.33. The summed E-state index contributed by atoms with van der Waals surface area (Å²) in [5, 5.41) is 2.86. The molecular formula is C21H28N2O6S. The van der Waals surface area contributed by atoms with Gasteiger partial charge in [-0.3, -0.25) is 9.10 Å². The van der Waals surface area contributed by atoms with E-state index in [9.17, 15) is 13.2 Å². The summed E-state index contributed by atoms with van der Waals surface area (Å²) in [6, 6.07) is 10.6. The van der Waals surface area contributed by atoms with Crippen molar-refractivity contribution in [3.05, 3.63) is 48.0 Å². The predicted molar refractivity (Wildman–Crippen MR) is 116 cm³/mol. The lowest BCUT2D eigenvalue weighted by atomic mass is 10.1. The Kier molecular flexibility index (Phi) is 7.55. The fourth-order valence-corrected chi connectivity index (χ4v) is 4.37. The topological polar surface area (TPSA) is 94.2 Å². The summed E-state index contributed by atoms with van der Waals surface area (Å²) in [6.45, 7) is 3.34. The van der Waals surface area contributed by atoms with Gasteiger partial charge in [0.2, 0.25) is 15.9 Å². The predicted octanol–water partition coefficient (Wildman–Crippen LogP) is 2.74. The summed E-state index contributed by atoms with van der Waals surface area (Å²) < 4.78 is 42.0. The molecule has 9 heteroatoms. The number of nitrogens with one attached hydrogen (secondary N) is 1. The Morgan fingerprint density at radius 2 is 1.53 bits per heavy atom. The van der Waals surface area contributed by atoms with Crippen LogP contribution in [0.3, 0.4) is 0 Å². The molecule has 2 rings (SSSR count). The molecule has 0 aliphatic carbocycles.